The van der Waals surface area contributed by atoms with Crippen LogP contribution >= 0.6 is 0 Å². The van der Waals surface area contributed by atoms with Crippen molar-refractivity contribution in [2.75, 3.05) is 6.54 Å². The van der Waals surface area contributed by atoms with E-state index in [1.165, 1.54) is 5.56 Å². The number of amides is 1. The Morgan fingerprint density at radius 2 is 2.00 bits per heavy atom. The minimum atomic E-state index is -0.522. The molecular weight excluding hydrogens is 306 g/mol. The third kappa shape index (κ3) is 3.58. The van der Waals surface area contributed by atoms with Crippen molar-refractivity contribution in [3.8, 4) is 11.4 Å². The van der Waals surface area contributed by atoms with Gasteiger partial charge in [0, 0.05) is 12.1 Å². The van der Waals surface area contributed by atoms with E-state index >= 15 is 0 Å². The van der Waals surface area contributed by atoms with E-state index in [2.05, 4.69) is 10.1 Å². The molecule has 0 unspecified atom stereocenters. The molecule has 0 aliphatic carbocycles. The molecule has 6 nitrogen and oxygen atoms in total. The van der Waals surface area contributed by atoms with Gasteiger partial charge in [0.25, 0.3) is 0 Å². The normalized spacial score (nSPS) is 18.0. The highest BCUT2D eigenvalue weighted by Crippen LogP contribution is 2.33. The standard InChI is InChI=1S/C18H23N3O3/c1-12-7-9-13(10-8-12)15-19-16(24-20-15)14-6-5-11-21(14)17(22)23-18(2,3)4/h7-10,14H,5-6,11H2,1-4H3/t14-/m1/s1. The van der Waals surface area contributed by atoms with Crippen molar-refractivity contribution >= 4 is 6.09 Å². The van der Waals surface area contributed by atoms with Crippen molar-refractivity contribution < 1.29 is 14.1 Å². The van der Waals surface area contributed by atoms with Crippen LogP contribution in [-0.2, 0) is 4.74 Å². The zero-order valence-electron chi connectivity index (χ0n) is 14.6. The summed E-state index contributed by atoms with van der Waals surface area (Å²) < 4.78 is 10.9. The van der Waals surface area contributed by atoms with E-state index in [-0.39, 0.29) is 12.1 Å². The first kappa shape index (κ1) is 16.5. The first-order valence-corrected chi connectivity index (χ1v) is 8.24. The summed E-state index contributed by atoms with van der Waals surface area (Å²) in [5, 5.41) is 4.06. The fourth-order valence-electron chi connectivity index (χ4n) is 2.75. The van der Waals surface area contributed by atoms with E-state index < -0.39 is 5.60 Å². The number of aryl methyl sites for hydroxylation is 1. The predicted octanol–water partition coefficient (Wildman–Crippen LogP) is 4.12. The lowest BCUT2D eigenvalue weighted by Gasteiger charge is -2.26. The molecule has 1 aliphatic rings. The number of benzene rings is 1. The number of nitrogens with zero attached hydrogens (tertiary/aromatic N) is 3. The highest BCUT2D eigenvalue weighted by molar-refractivity contribution is 5.69. The maximum absolute atomic E-state index is 12.4. The van der Waals surface area contributed by atoms with Crippen molar-refractivity contribution in [2.45, 2.75) is 52.2 Å². The van der Waals surface area contributed by atoms with Gasteiger partial charge in [0.15, 0.2) is 0 Å². The van der Waals surface area contributed by atoms with Gasteiger partial charge in [-0.25, -0.2) is 4.79 Å². The molecule has 3 rings (SSSR count). The summed E-state index contributed by atoms with van der Waals surface area (Å²) in [5.41, 5.74) is 1.55. The van der Waals surface area contributed by atoms with Gasteiger partial charge in [0.2, 0.25) is 11.7 Å². The zero-order chi connectivity index (χ0) is 17.3. The second-order valence-corrected chi connectivity index (χ2v) is 7.15. The van der Waals surface area contributed by atoms with E-state index in [0.717, 1.165) is 18.4 Å². The highest BCUT2D eigenvalue weighted by Gasteiger charge is 2.36. The third-order valence-corrected chi connectivity index (χ3v) is 3.92. The minimum absolute atomic E-state index is 0.216. The molecule has 0 radical (unpaired) electrons. The topological polar surface area (TPSA) is 68.5 Å². The van der Waals surface area contributed by atoms with Crippen LogP contribution in [-0.4, -0.2) is 33.3 Å². The van der Waals surface area contributed by atoms with Gasteiger partial charge in [0.05, 0.1) is 0 Å². The molecule has 0 bridgehead atoms. The third-order valence-electron chi connectivity index (χ3n) is 3.92. The summed E-state index contributed by atoms with van der Waals surface area (Å²) in [6, 6.07) is 7.72. The number of likely N-dealkylation sites (tertiary alicyclic amines) is 1. The van der Waals surface area contributed by atoms with Gasteiger partial charge in [-0.1, -0.05) is 35.0 Å². The van der Waals surface area contributed by atoms with E-state index in [4.69, 9.17) is 9.26 Å². The number of aromatic nitrogens is 2. The average molecular weight is 329 g/mol. The van der Waals surface area contributed by atoms with Gasteiger partial charge >= 0.3 is 6.09 Å². The second-order valence-electron chi connectivity index (χ2n) is 7.15. The zero-order valence-corrected chi connectivity index (χ0v) is 14.6. The molecule has 2 aromatic rings. The second kappa shape index (κ2) is 6.26. The van der Waals surface area contributed by atoms with Crippen LogP contribution in [0.1, 0.15) is 51.1 Å². The van der Waals surface area contributed by atoms with Gasteiger partial charge < -0.3 is 9.26 Å². The largest absolute Gasteiger partial charge is 0.444 e. The van der Waals surface area contributed by atoms with E-state index in [9.17, 15) is 4.79 Å². The lowest BCUT2D eigenvalue weighted by molar-refractivity contribution is 0.0199. The minimum Gasteiger partial charge on any atom is -0.444 e. The summed E-state index contributed by atoms with van der Waals surface area (Å²) in [6.45, 7) is 8.25. The Labute approximate surface area is 141 Å². The lowest BCUT2D eigenvalue weighted by atomic mass is 10.1. The number of carbonyl (C=O) groups is 1. The van der Waals surface area contributed by atoms with Crippen molar-refractivity contribution in [3.05, 3.63) is 35.7 Å². The highest BCUT2D eigenvalue weighted by atomic mass is 16.6. The van der Waals surface area contributed by atoms with Crippen LogP contribution < -0.4 is 0 Å². The number of rotatable bonds is 2. The van der Waals surface area contributed by atoms with Gasteiger partial charge in [-0.05, 0) is 40.5 Å². The molecule has 6 heteroatoms. The number of ether oxygens (including phenoxy) is 1. The number of hydrogen-bond donors (Lipinski definition) is 0. The maximum Gasteiger partial charge on any atom is 0.410 e. The monoisotopic (exact) mass is 329 g/mol. The van der Waals surface area contributed by atoms with Crippen LogP contribution in [0.25, 0.3) is 11.4 Å². The first-order chi connectivity index (χ1) is 11.3. The molecule has 0 saturated carbocycles. The van der Waals surface area contributed by atoms with Crippen molar-refractivity contribution in [2.24, 2.45) is 0 Å². The Balaban J connectivity index is 1.78. The molecule has 1 amide bonds. The van der Waals surface area contributed by atoms with Gasteiger partial charge in [-0.15, -0.1) is 0 Å². The van der Waals surface area contributed by atoms with Gasteiger partial charge in [-0.3, -0.25) is 4.90 Å². The molecule has 2 heterocycles. The molecule has 1 aromatic carbocycles. The Morgan fingerprint density at radius 1 is 1.29 bits per heavy atom. The quantitative estimate of drug-likeness (QED) is 0.829. The van der Waals surface area contributed by atoms with Gasteiger partial charge in [0.1, 0.15) is 11.6 Å². The molecule has 0 N–H and O–H groups in total. The summed E-state index contributed by atoms with van der Waals surface area (Å²) >= 11 is 0. The molecule has 1 saturated heterocycles. The smallest absolute Gasteiger partial charge is 0.410 e. The van der Waals surface area contributed by atoms with Crippen LogP contribution in [0.2, 0.25) is 0 Å². The van der Waals surface area contributed by atoms with Crippen molar-refractivity contribution in [1.82, 2.24) is 15.0 Å². The summed E-state index contributed by atoms with van der Waals surface area (Å²) in [6.07, 6.45) is 1.36. The van der Waals surface area contributed by atoms with E-state index in [0.29, 0.717) is 18.3 Å². The van der Waals surface area contributed by atoms with Crippen LogP contribution in [0.15, 0.2) is 28.8 Å². The molecule has 1 fully saturated rings. The maximum atomic E-state index is 12.4. The fraction of sp³-hybridized carbons (Fsp3) is 0.500. The number of hydrogen-bond acceptors (Lipinski definition) is 5. The summed E-state index contributed by atoms with van der Waals surface area (Å²) in [7, 11) is 0. The average Bonchev–Trinajstić information content (AvgIpc) is 3.15. The lowest BCUT2D eigenvalue weighted by Crippen LogP contribution is -2.36. The Bertz CT molecular complexity index is 716. The SMILES string of the molecule is Cc1ccc(-c2noc([C@H]3CCCN3C(=O)OC(C)(C)C)n2)cc1. The van der Waals surface area contributed by atoms with Crippen LogP contribution in [0.5, 0.6) is 0 Å². The Morgan fingerprint density at radius 3 is 2.67 bits per heavy atom. The molecule has 1 atom stereocenters. The molecule has 1 aliphatic heterocycles. The van der Waals surface area contributed by atoms with E-state index in [1.807, 2.05) is 52.0 Å². The van der Waals surface area contributed by atoms with Crippen LogP contribution in [0, 0.1) is 6.92 Å². The molecule has 128 valence electrons. The molecule has 0 spiro atoms. The van der Waals surface area contributed by atoms with E-state index in [1.54, 1.807) is 4.90 Å². The first-order valence-electron chi connectivity index (χ1n) is 8.24. The molecule has 1 aromatic heterocycles. The summed E-state index contributed by atoms with van der Waals surface area (Å²) in [4.78, 5) is 18.5. The molecule has 24 heavy (non-hydrogen) atoms. The van der Waals surface area contributed by atoms with Crippen molar-refractivity contribution in [3.63, 3.8) is 0 Å². The van der Waals surface area contributed by atoms with Crippen LogP contribution in [0.4, 0.5) is 4.79 Å². The van der Waals surface area contributed by atoms with Crippen molar-refractivity contribution in [1.29, 1.82) is 0 Å². The summed E-state index contributed by atoms with van der Waals surface area (Å²) in [5.74, 6) is 1.01. The molecular formula is C18H23N3O3. The van der Waals surface area contributed by atoms with Gasteiger partial charge in [-0.2, -0.15) is 4.98 Å². The fourth-order valence-corrected chi connectivity index (χ4v) is 2.75. The Hall–Kier alpha value is -2.37. The predicted molar refractivity (Wildman–Crippen MR) is 89.4 cm³/mol. The Kier molecular flexibility index (Phi) is 4.30. The van der Waals surface area contributed by atoms with Crippen LogP contribution in [0.3, 0.4) is 0 Å². The number of carbonyl (C=O) groups excluding carboxylic acids is 1.